The Balaban J connectivity index is 1.65. The molecule has 0 aliphatic heterocycles. The van der Waals surface area contributed by atoms with Gasteiger partial charge in [0.1, 0.15) is 11.3 Å². The molecule has 1 aromatic carbocycles. The molecule has 0 spiro atoms. The average molecular weight is 397 g/mol. The lowest BCUT2D eigenvalue weighted by Crippen LogP contribution is -1.98. The van der Waals surface area contributed by atoms with Crippen LogP contribution in [0.25, 0.3) is 17.0 Å². The summed E-state index contributed by atoms with van der Waals surface area (Å²) in [5.74, 6) is 0.124. The van der Waals surface area contributed by atoms with Crippen molar-refractivity contribution >= 4 is 45.2 Å². The lowest BCUT2D eigenvalue weighted by Gasteiger charge is -2.05. The fraction of sp³-hybridized carbons (Fsp3) is 0.150. The minimum Gasteiger partial charge on any atom is -0.332 e. The third-order valence-electron chi connectivity index (χ3n) is 4.27. The molecule has 3 heterocycles. The number of imidazole rings is 1. The molecule has 4 aromatic rings. The minimum absolute atomic E-state index is 0.124. The highest BCUT2D eigenvalue weighted by Crippen LogP contribution is 2.30. The van der Waals surface area contributed by atoms with Crippen LogP contribution in [-0.2, 0) is 0 Å². The number of Topliss-reactive ketones (excluding diaryl/α,β-unsaturated/α-hetero) is 1. The molecular formula is C20H17ClN4OS. The number of nitrogens with one attached hydrogen (secondary N) is 1. The van der Waals surface area contributed by atoms with Crippen molar-refractivity contribution in [3.63, 3.8) is 0 Å². The van der Waals surface area contributed by atoms with Crippen LogP contribution in [0.1, 0.15) is 29.4 Å². The highest BCUT2D eigenvalue weighted by Gasteiger charge is 2.15. The molecule has 0 amide bonds. The molecular weight excluding hydrogens is 380 g/mol. The van der Waals surface area contributed by atoms with Gasteiger partial charge in [-0.25, -0.2) is 9.97 Å². The molecule has 3 aromatic heterocycles. The number of rotatable bonds is 5. The van der Waals surface area contributed by atoms with E-state index >= 15 is 0 Å². The van der Waals surface area contributed by atoms with Crippen LogP contribution in [0.2, 0.25) is 5.02 Å². The van der Waals surface area contributed by atoms with Crippen molar-refractivity contribution in [2.75, 3.05) is 5.32 Å². The Morgan fingerprint density at radius 2 is 2.11 bits per heavy atom. The van der Waals surface area contributed by atoms with Gasteiger partial charge in [0.05, 0.1) is 11.4 Å². The number of anilines is 2. The molecule has 0 fully saturated rings. The minimum atomic E-state index is 0.124. The molecule has 0 saturated heterocycles. The van der Waals surface area contributed by atoms with Crippen LogP contribution in [0.5, 0.6) is 0 Å². The molecule has 27 heavy (non-hydrogen) atoms. The Morgan fingerprint density at radius 3 is 2.93 bits per heavy atom. The number of pyridine rings is 1. The van der Waals surface area contributed by atoms with Gasteiger partial charge in [0.15, 0.2) is 10.9 Å². The summed E-state index contributed by atoms with van der Waals surface area (Å²) in [6.45, 7) is 3.82. The molecule has 4 rings (SSSR count). The highest BCUT2D eigenvalue weighted by atomic mass is 35.5. The molecule has 0 aliphatic rings. The summed E-state index contributed by atoms with van der Waals surface area (Å²) >= 11 is 7.57. The number of nitrogens with zero attached hydrogens (tertiary/aromatic N) is 3. The van der Waals surface area contributed by atoms with Crippen LogP contribution in [0.15, 0.2) is 48.0 Å². The largest absolute Gasteiger partial charge is 0.332 e. The van der Waals surface area contributed by atoms with E-state index in [0.29, 0.717) is 17.0 Å². The van der Waals surface area contributed by atoms with Gasteiger partial charge in [0, 0.05) is 40.3 Å². The maximum absolute atomic E-state index is 11.9. The maximum Gasteiger partial charge on any atom is 0.187 e. The number of ketones is 1. The summed E-state index contributed by atoms with van der Waals surface area (Å²) < 4.78 is 1.99. The van der Waals surface area contributed by atoms with E-state index in [9.17, 15) is 4.79 Å². The summed E-state index contributed by atoms with van der Waals surface area (Å²) in [6, 6.07) is 11.2. The number of hydrogen-bond donors (Lipinski definition) is 1. The van der Waals surface area contributed by atoms with Gasteiger partial charge in [0.2, 0.25) is 0 Å². The molecule has 0 radical (unpaired) electrons. The molecule has 0 bridgehead atoms. The summed E-state index contributed by atoms with van der Waals surface area (Å²) in [7, 11) is 0. The zero-order chi connectivity index (χ0) is 19.0. The Kier molecular flexibility index (Phi) is 4.68. The van der Waals surface area contributed by atoms with E-state index < -0.39 is 0 Å². The molecule has 0 atom stereocenters. The lowest BCUT2D eigenvalue weighted by atomic mass is 10.1. The Bertz CT molecular complexity index is 1150. The van der Waals surface area contributed by atoms with Crippen molar-refractivity contribution < 1.29 is 4.79 Å². The molecule has 0 saturated carbocycles. The molecule has 136 valence electrons. The second kappa shape index (κ2) is 7.13. The molecule has 0 aliphatic carbocycles. The zero-order valence-corrected chi connectivity index (χ0v) is 16.4. The van der Waals surface area contributed by atoms with Gasteiger partial charge >= 0.3 is 0 Å². The second-order valence-corrected chi connectivity index (χ2v) is 7.43. The standard InChI is InChI=1S/C20H17ClN4OS/c1-3-17(26)13-5-4-6-15(9-13)23-20-24-16(11-27-20)19-12(2)22-18-10-14(21)7-8-25(18)19/h4-11H,3H2,1-2H3,(H,23,24). The number of aromatic nitrogens is 3. The lowest BCUT2D eigenvalue weighted by molar-refractivity contribution is 0.0988. The molecule has 0 unspecified atom stereocenters. The first-order valence-electron chi connectivity index (χ1n) is 8.55. The quantitative estimate of drug-likeness (QED) is 0.436. The van der Waals surface area contributed by atoms with Crippen LogP contribution < -0.4 is 5.32 Å². The zero-order valence-electron chi connectivity index (χ0n) is 14.9. The van der Waals surface area contributed by atoms with E-state index in [-0.39, 0.29) is 5.78 Å². The summed E-state index contributed by atoms with van der Waals surface area (Å²) in [5, 5.41) is 6.69. The van der Waals surface area contributed by atoms with Gasteiger partial charge in [-0.2, -0.15) is 0 Å². The Morgan fingerprint density at radius 1 is 1.26 bits per heavy atom. The predicted octanol–water partition coefficient (Wildman–Crippen LogP) is 5.76. The first kappa shape index (κ1) is 17.7. The van der Waals surface area contributed by atoms with Gasteiger partial charge in [-0.1, -0.05) is 30.7 Å². The van der Waals surface area contributed by atoms with E-state index in [2.05, 4.69) is 10.3 Å². The summed E-state index contributed by atoms with van der Waals surface area (Å²) in [5.41, 5.74) is 5.02. The number of carbonyl (C=O) groups excluding carboxylic acids is 1. The number of halogens is 1. The van der Waals surface area contributed by atoms with Gasteiger partial charge < -0.3 is 5.32 Å². The van der Waals surface area contributed by atoms with E-state index in [1.807, 2.05) is 66.2 Å². The Labute approximate surface area is 165 Å². The highest BCUT2D eigenvalue weighted by molar-refractivity contribution is 7.14. The van der Waals surface area contributed by atoms with Crippen molar-refractivity contribution in [3.05, 3.63) is 64.3 Å². The van der Waals surface area contributed by atoms with E-state index in [1.54, 1.807) is 0 Å². The molecule has 7 heteroatoms. The number of fused-ring (bicyclic) bond motifs is 1. The topological polar surface area (TPSA) is 59.3 Å². The SMILES string of the molecule is CCC(=O)c1cccc(Nc2nc(-c3c(C)nc4cc(Cl)ccn34)cs2)c1. The van der Waals surface area contributed by atoms with Crippen LogP contribution >= 0.6 is 22.9 Å². The van der Waals surface area contributed by atoms with Crippen LogP contribution in [-0.4, -0.2) is 20.2 Å². The maximum atomic E-state index is 11.9. The van der Waals surface area contributed by atoms with Crippen LogP contribution in [0.4, 0.5) is 10.8 Å². The van der Waals surface area contributed by atoms with Crippen molar-refractivity contribution in [2.24, 2.45) is 0 Å². The van der Waals surface area contributed by atoms with Gasteiger partial charge in [0.25, 0.3) is 0 Å². The van der Waals surface area contributed by atoms with Crippen LogP contribution in [0, 0.1) is 6.92 Å². The first-order chi connectivity index (χ1) is 13.0. The smallest absolute Gasteiger partial charge is 0.187 e. The van der Waals surface area contributed by atoms with Gasteiger partial charge in [-0.05, 0) is 25.1 Å². The monoisotopic (exact) mass is 396 g/mol. The van der Waals surface area contributed by atoms with E-state index in [1.165, 1.54) is 11.3 Å². The third kappa shape index (κ3) is 3.46. The molecule has 1 N–H and O–H groups in total. The third-order valence-corrected chi connectivity index (χ3v) is 5.26. The summed E-state index contributed by atoms with van der Waals surface area (Å²) in [4.78, 5) is 21.2. The molecule has 5 nitrogen and oxygen atoms in total. The number of hydrogen-bond acceptors (Lipinski definition) is 5. The van der Waals surface area contributed by atoms with Crippen molar-refractivity contribution in [3.8, 4) is 11.4 Å². The van der Waals surface area contributed by atoms with Gasteiger partial charge in [-0.15, -0.1) is 11.3 Å². The fourth-order valence-electron chi connectivity index (χ4n) is 2.98. The van der Waals surface area contributed by atoms with Crippen molar-refractivity contribution in [2.45, 2.75) is 20.3 Å². The second-order valence-electron chi connectivity index (χ2n) is 6.14. The van der Waals surface area contributed by atoms with E-state index in [4.69, 9.17) is 16.6 Å². The number of thiazole rings is 1. The van der Waals surface area contributed by atoms with E-state index in [0.717, 1.165) is 33.5 Å². The normalized spacial score (nSPS) is 11.1. The summed E-state index contributed by atoms with van der Waals surface area (Å²) in [6.07, 6.45) is 2.39. The average Bonchev–Trinajstić information content (AvgIpc) is 3.23. The van der Waals surface area contributed by atoms with Crippen molar-refractivity contribution in [1.29, 1.82) is 0 Å². The number of carbonyl (C=O) groups is 1. The predicted molar refractivity (Wildman–Crippen MR) is 110 cm³/mol. The van der Waals surface area contributed by atoms with Crippen molar-refractivity contribution in [1.82, 2.24) is 14.4 Å². The van der Waals surface area contributed by atoms with Gasteiger partial charge in [-0.3, -0.25) is 9.20 Å². The van der Waals surface area contributed by atoms with Crippen LogP contribution in [0.3, 0.4) is 0 Å². The first-order valence-corrected chi connectivity index (χ1v) is 9.81. The number of aryl methyl sites for hydroxylation is 1. The Hall–Kier alpha value is -2.70. The fourth-order valence-corrected chi connectivity index (χ4v) is 3.85. The number of benzene rings is 1.